The van der Waals surface area contributed by atoms with E-state index >= 15 is 0 Å². The first-order chi connectivity index (χ1) is 31.4. The number of nitrogens with zero attached hydrogens (tertiary/aromatic N) is 2. The fourth-order valence-corrected chi connectivity index (χ4v) is 13.0. The zero-order valence-electron chi connectivity index (χ0n) is 35.8. The second-order valence-electron chi connectivity index (χ2n) is 18.7. The lowest BCUT2D eigenvalue weighted by atomic mass is 9.42. The molecule has 64 heavy (non-hydrogen) atoms. The van der Waals surface area contributed by atoms with Crippen LogP contribution in [0, 0.1) is 0 Å². The Kier molecular flexibility index (Phi) is 7.28. The first-order valence-electron chi connectivity index (χ1n) is 22.4. The molecule has 0 saturated carbocycles. The molecule has 0 N–H and O–H groups in total. The number of anilines is 5. The third kappa shape index (κ3) is 4.62. The molecule has 0 unspecified atom stereocenters. The summed E-state index contributed by atoms with van der Waals surface area (Å²) in [6.07, 6.45) is 0. The van der Waals surface area contributed by atoms with Crippen LogP contribution in [0.5, 0.6) is 0 Å². The van der Waals surface area contributed by atoms with E-state index < -0.39 is 5.41 Å². The number of fused-ring (bicyclic) bond motifs is 14. The Hall–Kier alpha value is -7.34. The number of benzene rings is 9. The Balaban J connectivity index is 1.19. The maximum Gasteiger partial charge on any atom is 0.333 e. The van der Waals surface area contributed by atoms with Crippen LogP contribution in [-0.2, 0) is 10.8 Å². The van der Waals surface area contributed by atoms with Crippen molar-refractivity contribution in [3.8, 4) is 11.1 Å². The molecule has 0 spiro atoms. The summed E-state index contributed by atoms with van der Waals surface area (Å²) < 4.78 is 9.59. The predicted octanol–water partition coefficient (Wildman–Crippen LogP) is 14.7. The summed E-state index contributed by atoms with van der Waals surface area (Å²) in [6, 6.07) is 72.7. The molecule has 5 heterocycles. The number of hydrogen-bond donors (Lipinski definition) is 0. The molecule has 0 amide bonds. The second kappa shape index (κ2) is 12.9. The number of thiophene rings is 1. The minimum absolute atomic E-state index is 0.0141. The van der Waals surface area contributed by atoms with Crippen molar-refractivity contribution >= 4 is 99.7 Å². The second-order valence-corrected chi connectivity index (χ2v) is 19.8. The van der Waals surface area contributed by atoms with Crippen LogP contribution in [0.25, 0.3) is 53.2 Å². The van der Waals surface area contributed by atoms with Gasteiger partial charge in [-0.3, -0.25) is 0 Å². The lowest BCUT2D eigenvalue weighted by Gasteiger charge is -2.52. The molecule has 0 fully saturated rings. The van der Waals surface area contributed by atoms with Gasteiger partial charge in [0.2, 0.25) is 0 Å². The average Bonchev–Trinajstić information content (AvgIpc) is 3.91. The van der Waals surface area contributed by atoms with Gasteiger partial charge in [0.05, 0.1) is 21.5 Å². The van der Waals surface area contributed by atoms with E-state index in [2.05, 4.69) is 225 Å². The van der Waals surface area contributed by atoms with E-state index in [1.807, 2.05) is 11.3 Å². The molecule has 11 aromatic rings. The van der Waals surface area contributed by atoms with Crippen molar-refractivity contribution in [2.75, 3.05) is 9.71 Å². The van der Waals surface area contributed by atoms with Crippen LogP contribution in [0.2, 0.25) is 0 Å². The summed E-state index contributed by atoms with van der Waals surface area (Å²) >= 11 is 1.91. The number of hydrogen-bond acceptors (Lipinski definition) is 4. The Bertz CT molecular complexity index is 3690. The van der Waals surface area contributed by atoms with Crippen molar-refractivity contribution in [2.24, 2.45) is 0 Å². The van der Waals surface area contributed by atoms with Gasteiger partial charge >= 0.3 is 6.85 Å². The van der Waals surface area contributed by atoms with Gasteiger partial charge in [-0.1, -0.05) is 178 Å². The van der Waals surface area contributed by atoms with Gasteiger partial charge in [0.25, 0.3) is 0 Å². The fraction of sp³-hybridized carbons (Fsp3) is 0.0847. The lowest BCUT2D eigenvalue weighted by Crippen LogP contribution is -2.62. The number of para-hydroxylation sites is 3. The minimum Gasteiger partial charge on any atom is -0.456 e. The van der Waals surface area contributed by atoms with Gasteiger partial charge < -0.3 is 14.1 Å². The number of furan rings is 1. The van der Waals surface area contributed by atoms with Crippen LogP contribution in [0.15, 0.2) is 199 Å². The molecule has 3 nitrogen and oxygen atoms in total. The van der Waals surface area contributed by atoms with Gasteiger partial charge in [0, 0.05) is 54.9 Å². The monoisotopic (exact) mass is 836 g/mol. The van der Waals surface area contributed by atoms with Crippen LogP contribution in [0.4, 0.5) is 28.4 Å². The minimum atomic E-state index is -0.602. The maximum absolute atomic E-state index is 6.99. The molecule has 2 aromatic heterocycles. The highest BCUT2D eigenvalue weighted by molar-refractivity contribution is 7.26. The van der Waals surface area contributed by atoms with E-state index in [4.69, 9.17) is 4.42 Å². The highest BCUT2D eigenvalue weighted by Gasteiger charge is 2.53. The Morgan fingerprint density at radius 2 is 1.22 bits per heavy atom. The normalized spacial score (nSPS) is 14.5. The quantitative estimate of drug-likeness (QED) is 0.165. The van der Waals surface area contributed by atoms with Gasteiger partial charge in [-0.15, -0.1) is 11.3 Å². The highest BCUT2D eigenvalue weighted by Crippen LogP contribution is 2.61. The fourth-order valence-electron chi connectivity index (χ4n) is 11.8. The van der Waals surface area contributed by atoms with E-state index in [1.165, 1.54) is 98.2 Å². The Labute approximate surface area is 376 Å². The van der Waals surface area contributed by atoms with E-state index in [0.29, 0.717) is 0 Å². The molecule has 9 aromatic carbocycles. The van der Waals surface area contributed by atoms with E-state index in [0.717, 1.165) is 22.2 Å². The van der Waals surface area contributed by atoms with Crippen LogP contribution in [0.3, 0.4) is 0 Å². The van der Waals surface area contributed by atoms with Crippen LogP contribution in [0.1, 0.15) is 48.6 Å². The zero-order valence-corrected chi connectivity index (χ0v) is 36.6. The summed E-state index contributed by atoms with van der Waals surface area (Å²) in [6.45, 7) is 6.74. The first kappa shape index (κ1) is 36.2. The molecule has 0 bridgehead atoms. The largest absolute Gasteiger partial charge is 0.456 e. The van der Waals surface area contributed by atoms with Crippen molar-refractivity contribution < 1.29 is 4.42 Å². The SMILES string of the molecule is CC(C)(C)c1ccc(N2B3c4cccc5c4N(c4ccccc4C5(c4ccccc4)c4ccccc4)c4cc5oc6ccccc6c5c(c43)-c3ccc4c(sc5ccccc54)c32)cc1. The molecule has 0 aliphatic carbocycles. The van der Waals surface area contributed by atoms with Gasteiger partial charge in [0.1, 0.15) is 11.2 Å². The maximum atomic E-state index is 6.99. The van der Waals surface area contributed by atoms with Crippen LogP contribution >= 0.6 is 11.3 Å². The lowest BCUT2D eigenvalue weighted by molar-refractivity contribution is 0.590. The third-order valence-electron chi connectivity index (χ3n) is 14.5. The highest BCUT2D eigenvalue weighted by atomic mass is 32.1. The van der Waals surface area contributed by atoms with Crippen LogP contribution in [-0.4, -0.2) is 6.85 Å². The standard InChI is InChI=1S/C59H41BN2OS/c1-58(2,3)36-29-31-39(32-30-36)62-55-43(34-33-41-40-21-11-15-28-51(40)64-57(41)55)53-52-42-22-10-14-27-49(42)63-50(52)35-48-54(53)60(62)46-25-16-24-45-56(46)61(48)47-26-13-12-23-44(47)59(45,37-17-6-4-7-18-37)38-19-8-5-9-20-38/h4-35H,1-3H3. The summed E-state index contributed by atoms with van der Waals surface area (Å²) in [5.41, 5.74) is 18.6. The molecule has 3 aliphatic heterocycles. The smallest absolute Gasteiger partial charge is 0.333 e. The molecule has 302 valence electrons. The van der Waals surface area contributed by atoms with Gasteiger partial charge in [-0.2, -0.15) is 0 Å². The Morgan fingerprint density at radius 1 is 0.547 bits per heavy atom. The van der Waals surface area contributed by atoms with Crippen molar-refractivity contribution in [3.05, 3.63) is 222 Å². The first-order valence-corrected chi connectivity index (χ1v) is 23.2. The van der Waals surface area contributed by atoms with Crippen molar-refractivity contribution in [1.82, 2.24) is 0 Å². The molecule has 0 saturated heterocycles. The van der Waals surface area contributed by atoms with Gasteiger partial charge in [0.15, 0.2) is 0 Å². The summed E-state index contributed by atoms with van der Waals surface area (Å²) in [4.78, 5) is 5.30. The molecule has 0 radical (unpaired) electrons. The number of rotatable bonds is 3. The molecule has 5 heteroatoms. The third-order valence-corrected chi connectivity index (χ3v) is 15.6. The zero-order chi connectivity index (χ0) is 42.5. The van der Waals surface area contributed by atoms with Gasteiger partial charge in [-0.05, 0) is 80.1 Å². The van der Waals surface area contributed by atoms with Gasteiger partial charge in [-0.25, -0.2) is 0 Å². The predicted molar refractivity (Wildman–Crippen MR) is 271 cm³/mol. The summed E-state index contributed by atoms with van der Waals surface area (Å²) in [7, 11) is 0. The molecule has 3 aliphatic rings. The van der Waals surface area contributed by atoms with Crippen molar-refractivity contribution in [2.45, 2.75) is 31.6 Å². The Morgan fingerprint density at radius 3 is 1.98 bits per heavy atom. The summed E-state index contributed by atoms with van der Waals surface area (Å²) in [5.74, 6) is 0. The molecular weight excluding hydrogens is 796 g/mol. The van der Waals surface area contributed by atoms with Crippen molar-refractivity contribution in [1.29, 1.82) is 0 Å². The van der Waals surface area contributed by atoms with Crippen LogP contribution < -0.4 is 20.6 Å². The average molecular weight is 837 g/mol. The van der Waals surface area contributed by atoms with E-state index in [1.54, 1.807) is 0 Å². The summed E-state index contributed by atoms with van der Waals surface area (Å²) in [5, 5.41) is 4.91. The van der Waals surface area contributed by atoms with E-state index in [-0.39, 0.29) is 12.3 Å². The molecule has 0 atom stereocenters. The topological polar surface area (TPSA) is 19.6 Å². The molecule has 14 rings (SSSR count). The molecular formula is C59H41BN2OS. The van der Waals surface area contributed by atoms with E-state index in [9.17, 15) is 0 Å². The van der Waals surface area contributed by atoms with Crippen molar-refractivity contribution in [3.63, 3.8) is 0 Å².